The van der Waals surface area contributed by atoms with Crippen molar-refractivity contribution in [2.75, 3.05) is 40.9 Å². The van der Waals surface area contributed by atoms with Crippen LogP contribution in [0.5, 0.6) is 0 Å². The fourth-order valence-electron chi connectivity index (χ4n) is 5.27. The van der Waals surface area contributed by atoms with Crippen molar-refractivity contribution < 1.29 is 32.9 Å². The lowest BCUT2D eigenvalue weighted by atomic mass is 10.0. The lowest BCUT2D eigenvalue weighted by Crippen LogP contribution is -2.45. The SMILES string of the molecule is CCCCC/C=C\CCCCCCCC(=O)NC(COP(=O)(O)OCC[N+](C)(C)C)C(O)/C=C/CCCCCCCCCCCCC. The second-order valence-corrected chi connectivity index (χ2v) is 15.8. The molecule has 0 aromatic carbocycles. The van der Waals surface area contributed by atoms with Crippen LogP contribution < -0.4 is 5.32 Å². The minimum Gasteiger partial charge on any atom is -0.387 e. The number of quaternary nitrogens is 1. The summed E-state index contributed by atoms with van der Waals surface area (Å²) in [5.74, 6) is -0.190. The van der Waals surface area contributed by atoms with E-state index in [1.807, 2.05) is 27.2 Å². The first-order valence-corrected chi connectivity index (χ1v) is 20.7. The molecule has 3 N–H and O–H groups in total. The molecule has 0 aliphatic heterocycles. The molecular weight excluding hydrogens is 611 g/mol. The van der Waals surface area contributed by atoms with Gasteiger partial charge in [0.1, 0.15) is 13.2 Å². The molecule has 0 saturated heterocycles. The zero-order valence-electron chi connectivity index (χ0n) is 31.3. The Morgan fingerprint density at radius 1 is 0.702 bits per heavy atom. The van der Waals surface area contributed by atoms with Gasteiger partial charge in [-0.15, -0.1) is 0 Å². The second-order valence-electron chi connectivity index (χ2n) is 14.3. The van der Waals surface area contributed by atoms with Gasteiger partial charge in [-0.05, 0) is 44.9 Å². The molecule has 0 aliphatic carbocycles. The summed E-state index contributed by atoms with van der Waals surface area (Å²) >= 11 is 0. The number of hydrogen-bond donors (Lipinski definition) is 3. The molecule has 1 amide bonds. The summed E-state index contributed by atoms with van der Waals surface area (Å²) in [6.45, 7) is 4.75. The van der Waals surface area contributed by atoms with Gasteiger partial charge in [0, 0.05) is 6.42 Å². The molecule has 278 valence electrons. The fourth-order valence-corrected chi connectivity index (χ4v) is 6.00. The zero-order valence-corrected chi connectivity index (χ0v) is 32.2. The molecule has 8 nitrogen and oxygen atoms in total. The largest absolute Gasteiger partial charge is 0.472 e. The maximum Gasteiger partial charge on any atom is 0.472 e. The number of unbranched alkanes of at least 4 members (excludes halogenated alkanes) is 19. The fraction of sp³-hybridized carbons (Fsp3) is 0.868. The number of nitrogens with zero attached hydrogens (tertiary/aromatic N) is 1. The summed E-state index contributed by atoms with van der Waals surface area (Å²) in [6, 6.07) is -0.845. The van der Waals surface area contributed by atoms with Gasteiger partial charge in [0.2, 0.25) is 5.91 Å². The number of allylic oxidation sites excluding steroid dienone is 3. The summed E-state index contributed by atoms with van der Waals surface area (Å²) in [5.41, 5.74) is 0. The Kier molecular flexibility index (Phi) is 30.3. The highest BCUT2D eigenvalue weighted by Gasteiger charge is 2.27. The first kappa shape index (κ1) is 46.0. The van der Waals surface area contributed by atoms with Crippen molar-refractivity contribution in [3.63, 3.8) is 0 Å². The quantitative estimate of drug-likeness (QED) is 0.0269. The highest BCUT2D eigenvalue weighted by molar-refractivity contribution is 7.47. The lowest BCUT2D eigenvalue weighted by molar-refractivity contribution is -0.870. The Balaban J connectivity index is 4.56. The predicted octanol–water partition coefficient (Wildman–Crippen LogP) is 9.80. The van der Waals surface area contributed by atoms with E-state index in [0.717, 1.165) is 51.4 Å². The Morgan fingerprint density at radius 2 is 1.15 bits per heavy atom. The second kappa shape index (κ2) is 31.0. The van der Waals surface area contributed by atoms with Gasteiger partial charge in [-0.3, -0.25) is 13.8 Å². The first-order chi connectivity index (χ1) is 22.5. The predicted molar refractivity (Wildman–Crippen MR) is 198 cm³/mol. The van der Waals surface area contributed by atoms with Crippen molar-refractivity contribution in [3.8, 4) is 0 Å². The molecule has 3 unspecified atom stereocenters. The van der Waals surface area contributed by atoms with E-state index in [-0.39, 0.29) is 19.1 Å². The minimum atomic E-state index is -4.33. The normalized spacial score (nSPS) is 15.0. The van der Waals surface area contributed by atoms with E-state index in [0.29, 0.717) is 17.4 Å². The summed E-state index contributed by atoms with van der Waals surface area (Å²) < 4.78 is 23.4. The van der Waals surface area contributed by atoms with Crippen molar-refractivity contribution in [3.05, 3.63) is 24.3 Å². The summed E-state index contributed by atoms with van der Waals surface area (Å²) in [4.78, 5) is 22.9. The Morgan fingerprint density at radius 3 is 1.68 bits per heavy atom. The van der Waals surface area contributed by atoms with Crippen molar-refractivity contribution in [2.45, 2.75) is 174 Å². The Bertz CT molecular complexity index is 829. The molecule has 47 heavy (non-hydrogen) atoms. The lowest BCUT2D eigenvalue weighted by Gasteiger charge is -2.25. The Hall–Kier alpha value is -1.02. The van der Waals surface area contributed by atoms with E-state index < -0.39 is 20.0 Å². The highest BCUT2D eigenvalue weighted by atomic mass is 31.2. The van der Waals surface area contributed by atoms with Gasteiger partial charge in [0.15, 0.2) is 0 Å². The average molecular weight is 688 g/mol. The highest BCUT2D eigenvalue weighted by Crippen LogP contribution is 2.43. The summed E-state index contributed by atoms with van der Waals surface area (Å²) in [7, 11) is 1.56. The van der Waals surface area contributed by atoms with Crippen LogP contribution in [0.1, 0.15) is 162 Å². The van der Waals surface area contributed by atoms with E-state index in [9.17, 15) is 19.4 Å². The number of hydrogen-bond acceptors (Lipinski definition) is 5. The van der Waals surface area contributed by atoms with Gasteiger partial charge in [0.05, 0.1) is 39.9 Å². The molecule has 0 radical (unpaired) electrons. The monoisotopic (exact) mass is 688 g/mol. The van der Waals surface area contributed by atoms with Crippen LogP contribution in [0.25, 0.3) is 0 Å². The number of carbonyl (C=O) groups is 1. The van der Waals surface area contributed by atoms with Gasteiger partial charge < -0.3 is 19.8 Å². The standard InChI is InChI=1S/C38H75N2O6P/c1-6-8-10-12-14-16-18-20-21-23-25-27-29-31-37(41)36(35-46-47(43,44)45-34-33-40(3,4)5)39-38(42)32-30-28-26-24-22-19-17-15-13-11-9-7-2/h15,17,29,31,36-37,41H,6-14,16,18-28,30,32-35H2,1-5H3,(H-,39,42,43,44)/p+1/b17-15-,31-29+. The van der Waals surface area contributed by atoms with Gasteiger partial charge in [-0.25, -0.2) is 4.57 Å². The molecule has 0 aliphatic rings. The minimum absolute atomic E-state index is 0.0605. The number of aliphatic hydroxyl groups is 1. The van der Waals surface area contributed by atoms with E-state index >= 15 is 0 Å². The van der Waals surface area contributed by atoms with Gasteiger partial charge in [-0.1, -0.05) is 134 Å². The number of likely N-dealkylation sites (N-methyl/N-ethyl adjacent to an activating group) is 1. The van der Waals surface area contributed by atoms with Crippen molar-refractivity contribution in [1.82, 2.24) is 5.32 Å². The van der Waals surface area contributed by atoms with Crippen molar-refractivity contribution in [2.24, 2.45) is 0 Å². The number of carbonyl (C=O) groups excluding carboxylic acids is 1. The number of rotatable bonds is 34. The maximum atomic E-state index is 12.8. The van der Waals surface area contributed by atoms with Crippen LogP contribution in [-0.4, -0.2) is 73.4 Å². The van der Waals surface area contributed by atoms with Crippen LogP contribution in [-0.2, 0) is 18.4 Å². The molecule has 0 rings (SSSR count). The van der Waals surface area contributed by atoms with E-state index in [2.05, 4.69) is 31.3 Å². The smallest absolute Gasteiger partial charge is 0.387 e. The first-order valence-electron chi connectivity index (χ1n) is 19.2. The molecule has 0 spiro atoms. The van der Waals surface area contributed by atoms with Crippen LogP contribution in [0.15, 0.2) is 24.3 Å². The molecule has 0 heterocycles. The van der Waals surface area contributed by atoms with Gasteiger partial charge in [0.25, 0.3) is 0 Å². The summed E-state index contributed by atoms with van der Waals surface area (Å²) in [6.07, 6.45) is 33.8. The molecule has 3 atom stereocenters. The molecule has 0 aromatic heterocycles. The molecule has 9 heteroatoms. The van der Waals surface area contributed by atoms with Crippen LogP contribution in [0.2, 0.25) is 0 Å². The van der Waals surface area contributed by atoms with Crippen molar-refractivity contribution >= 4 is 13.7 Å². The van der Waals surface area contributed by atoms with Crippen LogP contribution in [0.4, 0.5) is 0 Å². The van der Waals surface area contributed by atoms with Crippen LogP contribution >= 0.6 is 7.82 Å². The number of phosphoric ester groups is 1. The number of amides is 1. The van der Waals surface area contributed by atoms with Crippen LogP contribution in [0.3, 0.4) is 0 Å². The molecule has 0 bridgehead atoms. The van der Waals surface area contributed by atoms with Gasteiger partial charge >= 0.3 is 7.82 Å². The molecule has 0 fully saturated rings. The zero-order chi connectivity index (χ0) is 35.1. The third kappa shape index (κ3) is 33.3. The number of aliphatic hydroxyl groups excluding tert-OH is 1. The molecular formula is C38H76N2O6P+. The average Bonchev–Trinajstić information content (AvgIpc) is 3.01. The van der Waals surface area contributed by atoms with E-state index in [1.54, 1.807) is 6.08 Å². The summed E-state index contributed by atoms with van der Waals surface area (Å²) in [5, 5.41) is 13.7. The number of nitrogens with one attached hydrogen (secondary N) is 1. The molecule has 0 aromatic rings. The third-order valence-corrected chi connectivity index (χ3v) is 9.40. The topological polar surface area (TPSA) is 105 Å². The van der Waals surface area contributed by atoms with Crippen LogP contribution in [0, 0.1) is 0 Å². The third-order valence-electron chi connectivity index (χ3n) is 8.42. The van der Waals surface area contributed by atoms with Gasteiger partial charge in [-0.2, -0.15) is 0 Å². The molecule has 0 saturated carbocycles. The number of phosphoric acid groups is 1. The Labute approximate surface area is 290 Å². The van der Waals surface area contributed by atoms with E-state index in [1.165, 1.54) is 89.9 Å². The maximum absolute atomic E-state index is 12.8. The van der Waals surface area contributed by atoms with Crippen molar-refractivity contribution in [1.29, 1.82) is 0 Å². The van der Waals surface area contributed by atoms with E-state index in [4.69, 9.17) is 9.05 Å².